The van der Waals surface area contributed by atoms with Crippen LogP contribution in [0.1, 0.15) is 18.4 Å². The maximum absolute atomic E-state index is 5.78. The topological polar surface area (TPSA) is 42.1 Å². The van der Waals surface area contributed by atoms with Crippen LogP contribution in [0.4, 0.5) is 11.5 Å². The summed E-state index contributed by atoms with van der Waals surface area (Å²) in [6.45, 7) is 0.896. The van der Waals surface area contributed by atoms with Crippen LogP contribution in [0, 0.1) is 0 Å². The van der Waals surface area contributed by atoms with Crippen molar-refractivity contribution in [1.82, 2.24) is 4.98 Å². The molecule has 2 heterocycles. The maximum Gasteiger partial charge on any atom is 0.137 e. The Morgan fingerprint density at radius 2 is 1.95 bits per heavy atom. The number of anilines is 2. The van der Waals surface area contributed by atoms with Gasteiger partial charge < -0.3 is 10.6 Å². The quantitative estimate of drug-likeness (QED) is 0.738. The van der Waals surface area contributed by atoms with Crippen LogP contribution in [0.5, 0.6) is 0 Å². The summed E-state index contributed by atoms with van der Waals surface area (Å²) in [7, 11) is 0. The highest BCUT2D eigenvalue weighted by Crippen LogP contribution is 2.36. The van der Waals surface area contributed by atoms with Gasteiger partial charge in [-0.1, -0.05) is 12.1 Å². The minimum absolute atomic E-state index is 0.626. The van der Waals surface area contributed by atoms with Gasteiger partial charge in [0.05, 0.1) is 0 Å². The zero-order chi connectivity index (χ0) is 14.2. The number of benzene rings is 1. The van der Waals surface area contributed by atoms with Crippen molar-refractivity contribution >= 4 is 32.9 Å². The van der Waals surface area contributed by atoms with Gasteiger partial charge in [0.1, 0.15) is 5.82 Å². The molecule has 2 aromatic heterocycles. The van der Waals surface area contributed by atoms with E-state index in [1.165, 1.54) is 28.5 Å². The van der Waals surface area contributed by atoms with Crippen LogP contribution in [0.3, 0.4) is 0 Å². The van der Waals surface area contributed by atoms with Crippen LogP contribution in [-0.4, -0.2) is 11.0 Å². The van der Waals surface area contributed by atoms with Crippen molar-refractivity contribution in [3.8, 4) is 0 Å². The second-order valence-corrected chi connectivity index (χ2v) is 6.52. The first-order valence-electron chi connectivity index (χ1n) is 7.24. The van der Waals surface area contributed by atoms with E-state index in [4.69, 9.17) is 5.73 Å². The first-order valence-corrected chi connectivity index (χ1v) is 8.12. The van der Waals surface area contributed by atoms with E-state index in [2.05, 4.69) is 39.5 Å². The number of nitrogens with two attached hydrogens (primary N) is 1. The zero-order valence-electron chi connectivity index (χ0n) is 11.7. The molecule has 106 valence electrons. The molecule has 3 nitrogen and oxygen atoms in total. The monoisotopic (exact) mass is 295 g/mol. The molecule has 0 saturated heterocycles. The molecule has 1 saturated carbocycles. The molecule has 0 aliphatic heterocycles. The van der Waals surface area contributed by atoms with E-state index in [1.807, 2.05) is 18.3 Å². The van der Waals surface area contributed by atoms with Gasteiger partial charge in [0.2, 0.25) is 0 Å². The Labute approximate surface area is 128 Å². The van der Waals surface area contributed by atoms with Crippen molar-refractivity contribution in [2.75, 3.05) is 10.6 Å². The highest BCUT2D eigenvalue weighted by molar-refractivity contribution is 7.17. The van der Waals surface area contributed by atoms with E-state index in [9.17, 15) is 0 Å². The molecular weight excluding hydrogens is 278 g/mol. The number of aromatic nitrogens is 1. The summed E-state index contributed by atoms with van der Waals surface area (Å²) < 4.78 is 1.31. The molecule has 0 spiro atoms. The van der Waals surface area contributed by atoms with E-state index in [1.54, 1.807) is 11.3 Å². The van der Waals surface area contributed by atoms with Crippen molar-refractivity contribution in [3.05, 3.63) is 53.5 Å². The molecule has 0 bridgehead atoms. The van der Waals surface area contributed by atoms with Gasteiger partial charge in [0.25, 0.3) is 0 Å². The predicted octanol–water partition coefficient (Wildman–Crippen LogP) is 4.05. The van der Waals surface area contributed by atoms with Gasteiger partial charge in [0, 0.05) is 34.6 Å². The van der Waals surface area contributed by atoms with Gasteiger partial charge in [-0.2, -0.15) is 0 Å². The van der Waals surface area contributed by atoms with Gasteiger partial charge in [0.15, 0.2) is 0 Å². The summed E-state index contributed by atoms with van der Waals surface area (Å²) in [6.07, 6.45) is 4.45. The molecule has 1 aromatic carbocycles. The summed E-state index contributed by atoms with van der Waals surface area (Å²) in [4.78, 5) is 7.11. The van der Waals surface area contributed by atoms with Crippen LogP contribution in [0.2, 0.25) is 0 Å². The van der Waals surface area contributed by atoms with Gasteiger partial charge in [-0.05, 0) is 48.1 Å². The standard InChI is InChI=1S/C17H17N3S/c18-13-3-1-12(2-4-13)11-20(14-5-6-14)17-15-8-10-21-16(15)7-9-19-17/h1-4,7-10,14H,5-6,11,18H2. The number of rotatable bonds is 4. The second kappa shape index (κ2) is 5.04. The lowest BCUT2D eigenvalue weighted by molar-refractivity contribution is 0.783. The van der Waals surface area contributed by atoms with Crippen LogP contribution < -0.4 is 10.6 Å². The van der Waals surface area contributed by atoms with E-state index in [0.29, 0.717) is 6.04 Å². The number of hydrogen-bond acceptors (Lipinski definition) is 4. The Hall–Kier alpha value is -2.07. The molecule has 3 aromatic rings. The molecule has 4 rings (SSSR count). The zero-order valence-corrected chi connectivity index (χ0v) is 12.5. The largest absolute Gasteiger partial charge is 0.399 e. The fourth-order valence-corrected chi connectivity index (χ4v) is 3.47. The van der Waals surface area contributed by atoms with Crippen molar-refractivity contribution in [2.45, 2.75) is 25.4 Å². The lowest BCUT2D eigenvalue weighted by atomic mass is 10.2. The molecule has 1 aliphatic rings. The average molecular weight is 295 g/mol. The molecular formula is C17H17N3S. The molecule has 2 N–H and O–H groups in total. The molecule has 4 heteroatoms. The fourth-order valence-electron chi connectivity index (χ4n) is 2.69. The Morgan fingerprint density at radius 1 is 1.14 bits per heavy atom. The van der Waals surface area contributed by atoms with Crippen molar-refractivity contribution in [1.29, 1.82) is 0 Å². The molecule has 0 atom stereocenters. The minimum Gasteiger partial charge on any atom is -0.399 e. The summed E-state index contributed by atoms with van der Waals surface area (Å²) in [6, 6.07) is 13.1. The number of hydrogen-bond donors (Lipinski definition) is 1. The van der Waals surface area contributed by atoms with Crippen molar-refractivity contribution < 1.29 is 0 Å². The van der Waals surface area contributed by atoms with E-state index >= 15 is 0 Å². The summed E-state index contributed by atoms with van der Waals surface area (Å²) in [5.41, 5.74) is 7.87. The summed E-state index contributed by atoms with van der Waals surface area (Å²) in [5.74, 6) is 1.12. The lowest BCUT2D eigenvalue weighted by Gasteiger charge is -2.24. The van der Waals surface area contributed by atoms with E-state index < -0.39 is 0 Å². The third-order valence-corrected chi connectivity index (χ3v) is 4.83. The number of fused-ring (bicyclic) bond motifs is 1. The molecule has 0 unspecified atom stereocenters. The first kappa shape index (κ1) is 12.7. The van der Waals surface area contributed by atoms with Crippen LogP contribution in [-0.2, 0) is 6.54 Å². The van der Waals surface area contributed by atoms with Crippen LogP contribution >= 0.6 is 11.3 Å². The average Bonchev–Trinajstić information content (AvgIpc) is 3.23. The third kappa shape index (κ3) is 2.47. The summed E-state index contributed by atoms with van der Waals surface area (Å²) >= 11 is 1.78. The Balaban J connectivity index is 1.71. The molecule has 0 amide bonds. The SMILES string of the molecule is Nc1ccc(CN(c2nccc3sccc23)C2CC2)cc1. The highest BCUT2D eigenvalue weighted by Gasteiger charge is 2.31. The number of nitrogens with zero attached hydrogens (tertiary/aromatic N) is 2. The Bertz CT molecular complexity index is 759. The van der Waals surface area contributed by atoms with Crippen molar-refractivity contribution in [3.63, 3.8) is 0 Å². The highest BCUT2D eigenvalue weighted by atomic mass is 32.1. The Kier molecular flexibility index (Phi) is 3.04. The minimum atomic E-state index is 0.626. The van der Waals surface area contributed by atoms with E-state index in [-0.39, 0.29) is 0 Å². The Morgan fingerprint density at radius 3 is 2.71 bits per heavy atom. The van der Waals surface area contributed by atoms with Gasteiger partial charge in [-0.15, -0.1) is 11.3 Å². The fraction of sp³-hybridized carbons (Fsp3) is 0.235. The normalized spacial score (nSPS) is 14.5. The van der Waals surface area contributed by atoms with E-state index in [0.717, 1.165) is 18.1 Å². The maximum atomic E-state index is 5.78. The number of thiophene rings is 1. The van der Waals surface area contributed by atoms with Crippen LogP contribution in [0.25, 0.3) is 10.1 Å². The second-order valence-electron chi connectivity index (χ2n) is 5.57. The molecule has 1 fully saturated rings. The number of pyridine rings is 1. The van der Waals surface area contributed by atoms with Gasteiger partial charge >= 0.3 is 0 Å². The van der Waals surface area contributed by atoms with Gasteiger partial charge in [-0.3, -0.25) is 0 Å². The molecule has 1 aliphatic carbocycles. The third-order valence-electron chi connectivity index (χ3n) is 3.95. The summed E-state index contributed by atoms with van der Waals surface area (Å²) in [5, 5.41) is 3.41. The lowest BCUT2D eigenvalue weighted by Crippen LogP contribution is -2.26. The van der Waals surface area contributed by atoms with Crippen LogP contribution in [0.15, 0.2) is 48.0 Å². The number of nitrogen functional groups attached to an aromatic ring is 1. The van der Waals surface area contributed by atoms with Gasteiger partial charge in [-0.25, -0.2) is 4.98 Å². The molecule has 21 heavy (non-hydrogen) atoms. The molecule has 0 radical (unpaired) electrons. The predicted molar refractivity (Wildman–Crippen MR) is 89.7 cm³/mol. The van der Waals surface area contributed by atoms with Crippen molar-refractivity contribution in [2.24, 2.45) is 0 Å². The smallest absolute Gasteiger partial charge is 0.137 e. The first-order chi connectivity index (χ1) is 10.3.